The van der Waals surface area contributed by atoms with Gasteiger partial charge in [0.2, 0.25) is 5.91 Å². The fourth-order valence-corrected chi connectivity index (χ4v) is 2.85. The van der Waals surface area contributed by atoms with Gasteiger partial charge < -0.3 is 15.0 Å². The van der Waals surface area contributed by atoms with Crippen molar-refractivity contribution in [2.45, 2.75) is 18.9 Å². The second kappa shape index (κ2) is 6.50. The predicted molar refractivity (Wildman–Crippen MR) is 70.5 cm³/mol. The maximum Gasteiger partial charge on any atom is 0.227 e. The van der Waals surface area contributed by atoms with Crippen LogP contribution in [0.15, 0.2) is 0 Å². The summed E-state index contributed by atoms with van der Waals surface area (Å²) >= 11 is 0. The van der Waals surface area contributed by atoms with Gasteiger partial charge in [-0.05, 0) is 12.8 Å². The molecule has 2 heterocycles. The second-order valence-corrected chi connectivity index (χ2v) is 5.47. The summed E-state index contributed by atoms with van der Waals surface area (Å²) in [5.41, 5.74) is 0. The fraction of sp³-hybridized carbons (Fsp3) is 0.923. The molecular weight excluding hydrogens is 230 g/mol. The van der Waals surface area contributed by atoms with E-state index in [2.05, 4.69) is 10.2 Å². The van der Waals surface area contributed by atoms with Crippen LogP contribution in [0, 0.1) is 5.92 Å². The number of amides is 1. The molecule has 5 nitrogen and oxygen atoms in total. The first kappa shape index (κ1) is 13.8. The van der Waals surface area contributed by atoms with Gasteiger partial charge in [-0.15, -0.1) is 0 Å². The van der Waals surface area contributed by atoms with Crippen molar-refractivity contribution in [2.75, 3.05) is 53.5 Å². The molecule has 2 saturated heterocycles. The highest BCUT2D eigenvalue weighted by atomic mass is 16.5. The standard InChI is InChI=1S/C13H25N3O2/c1-15(2)13(17)11-9-14-5-6-16(10-11)12-3-7-18-8-4-12/h11-12,14H,3-10H2,1-2H3/t11-/m1/s1. The Morgan fingerprint density at radius 3 is 2.72 bits per heavy atom. The van der Waals surface area contributed by atoms with Gasteiger partial charge in [0.15, 0.2) is 0 Å². The van der Waals surface area contributed by atoms with Crippen molar-refractivity contribution in [3.63, 3.8) is 0 Å². The minimum Gasteiger partial charge on any atom is -0.381 e. The molecule has 2 aliphatic rings. The SMILES string of the molecule is CN(C)C(=O)[C@@H]1CNCCN(C2CCOCC2)C1. The molecule has 0 aromatic carbocycles. The van der Waals surface area contributed by atoms with Crippen molar-refractivity contribution in [1.29, 1.82) is 0 Å². The van der Waals surface area contributed by atoms with Crippen molar-refractivity contribution in [3.05, 3.63) is 0 Å². The van der Waals surface area contributed by atoms with Gasteiger partial charge in [-0.1, -0.05) is 0 Å². The monoisotopic (exact) mass is 255 g/mol. The Morgan fingerprint density at radius 2 is 2.06 bits per heavy atom. The first-order valence-corrected chi connectivity index (χ1v) is 6.92. The highest BCUT2D eigenvalue weighted by Crippen LogP contribution is 2.17. The lowest BCUT2D eigenvalue weighted by molar-refractivity contribution is -0.133. The minimum atomic E-state index is 0.0883. The fourth-order valence-electron chi connectivity index (χ4n) is 2.85. The number of carbonyl (C=O) groups excluding carboxylic acids is 1. The molecule has 2 aliphatic heterocycles. The van der Waals surface area contributed by atoms with Crippen molar-refractivity contribution >= 4 is 5.91 Å². The van der Waals surface area contributed by atoms with Crippen LogP contribution >= 0.6 is 0 Å². The number of hydrogen-bond acceptors (Lipinski definition) is 4. The minimum absolute atomic E-state index is 0.0883. The molecule has 1 amide bonds. The summed E-state index contributed by atoms with van der Waals surface area (Å²) < 4.78 is 5.42. The average molecular weight is 255 g/mol. The summed E-state index contributed by atoms with van der Waals surface area (Å²) in [5, 5.41) is 3.38. The molecule has 0 saturated carbocycles. The van der Waals surface area contributed by atoms with E-state index in [0.29, 0.717) is 6.04 Å². The Kier molecular flexibility index (Phi) is 4.97. The molecule has 2 fully saturated rings. The molecule has 0 aromatic heterocycles. The number of nitrogens with one attached hydrogen (secondary N) is 1. The maximum atomic E-state index is 12.1. The van der Waals surface area contributed by atoms with Gasteiger partial charge in [0.1, 0.15) is 0 Å². The zero-order valence-electron chi connectivity index (χ0n) is 11.5. The van der Waals surface area contributed by atoms with Crippen molar-refractivity contribution in [3.8, 4) is 0 Å². The molecule has 1 N–H and O–H groups in total. The topological polar surface area (TPSA) is 44.8 Å². The van der Waals surface area contributed by atoms with E-state index in [0.717, 1.165) is 52.2 Å². The van der Waals surface area contributed by atoms with Crippen LogP contribution < -0.4 is 5.32 Å². The summed E-state index contributed by atoms with van der Waals surface area (Å²) in [7, 11) is 3.68. The molecule has 1 atom stereocenters. The lowest BCUT2D eigenvalue weighted by Crippen LogP contribution is -2.45. The summed E-state index contributed by atoms with van der Waals surface area (Å²) in [6.07, 6.45) is 2.20. The van der Waals surface area contributed by atoms with Crippen LogP contribution in [0.25, 0.3) is 0 Å². The summed E-state index contributed by atoms with van der Waals surface area (Å²) in [6, 6.07) is 0.594. The molecule has 0 aromatic rings. The van der Waals surface area contributed by atoms with Gasteiger partial charge >= 0.3 is 0 Å². The van der Waals surface area contributed by atoms with Gasteiger partial charge in [-0.25, -0.2) is 0 Å². The van der Waals surface area contributed by atoms with Crippen LogP contribution in [0.5, 0.6) is 0 Å². The van der Waals surface area contributed by atoms with E-state index >= 15 is 0 Å². The largest absolute Gasteiger partial charge is 0.381 e. The van der Waals surface area contributed by atoms with E-state index in [4.69, 9.17) is 4.74 Å². The number of hydrogen-bond donors (Lipinski definition) is 1. The van der Waals surface area contributed by atoms with E-state index < -0.39 is 0 Å². The maximum absolute atomic E-state index is 12.1. The zero-order chi connectivity index (χ0) is 13.0. The van der Waals surface area contributed by atoms with Crippen LogP contribution in [0.4, 0.5) is 0 Å². The molecule has 0 aliphatic carbocycles. The first-order chi connectivity index (χ1) is 8.68. The summed E-state index contributed by atoms with van der Waals surface area (Å²) in [5.74, 6) is 0.326. The van der Waals surface area contributed by atoms with Gasteiger partial charge in [-0.2, -0.15) is 0 Å². The van der Waals surface area contributed by atoms with Crippen LogP contribution in [0.1, 0.15) is 12.8 Å². The average Bonchev–Trinajstić information content (AvgIpc) is 2.64. The lowest BCUT2D eigenvalue weighted by atomic mass is 10.0. The van der Waals surface area contributed by atoms with Crippen molar-refractivity contribution < 1.29 is 9.53 Å². The first-order valence-electron chi connectivity index (χ1n) is 6.92. The predicted octanol–water partition coefficient (Wildman–Crippen LogP) is -0.225. The van der Waals surface area contributed by atoms with E-state index in [1.165, 1.54) is 0 Å². The third-order valence-electron chi connectivity index (χ3n) is 3.92. The number of nitrogens with zero attached hydrogens (tertiary/aromatic N) is 2. The smallest absolute Gasteiger partial charge is 0.227 e. The Hall–Kier alpha value is -0.650. The highest BCUT2D eigenvalue weighted by Gasteiger charge is 2.29. The van der Waals surface area contributed by atoms with Gasteiger partial charge in [0, 0.05) is 59.5 Å². The number of rotatable bonds is 2. The molecule has 0 radical (unpaired) electrons. The summed E-state index contributed by atoms with van der Waals surface area (Å²) in [4.78, 5) is 16.3. The van der Waals surface area contributed by atoms with E-state index in [-0.39, 0.29) is 11.8 Å². The Labute approximate surface area is 109 Å². The van der Waals surface area contributed by atoms with Crippen LogP contribution in [0.2, 0.25) is 0 Å². The molecule has 0 bridgehead atoms. The second-order valence-electron chi connectivity index (χ2n) is 5.47. The molecule has 2 rings (SSSR count). The molecule has 0 spiro atoms. The van der Waals surface area contributed by atoms with Crippen molar-refractivity contribution in [1.82, 2.24) is 15.1 Å². The van der Waals surface area contributed by atoms with Crippen LogP contribution in [-0.4, -0.2) is 75.2 Å². The lowest BCUT2D eigenvalue weighted by Gasteiger charge is -2.34. The van der Waals surface area contributed by atoms with Gasteiger partial charge in [-0.3, -0.25) is 9.69 Å². The van der Waals surface area contributed by atoms with E-state index in [1.54, 1.807) is 4.90 Å². The highest BCUT2D eigenvalue weighted by molar-refractivity contribution is 5.78. The third kappa shape index (κ3) is 3.43. The Morgan fingerprint density at radius 1 is 1.33 bits per heavy atom. The molecule has 104 valence electrons. The van der Waals surface area contributed by atoms with Crippen LogP contribution in [0.3, 0.4) is 0 Å². The number of ether oxygens (including phenoxy) is 1. The van der Waals surface area contributed by atoms with Gasteiger partial charge in [0.05, 0.1) is 5.92 Å². The zero-order valence-corrected chi connectivity index (χ0v) is 11.5. The quantitative estimate of drug-likeness (QED) is 0.741. The Bertz CT molecular complexity index is 277. The van der Waals surface area contributed by atoms with Gasteiger partial charge in [0.25, 0.3) is 0 Å². The van der Waals surface area contributed by atoms with E-state index in [1.807, 2.05) is 14.1 Å². The molecule has 0 unspecified atom stereocenters. The molecule has 5 heteroatoms. The molecular formula is C13H25N3O2. The van der Waals surface area contributed by atoms with Crippen molar-refractivity contribution in [2.24, 2.45) is 5.92 Å². The molecule has 18 heavy (non-hydrogen) atoms. The third-order valence-corrected chi connectivity index (χ3v) is 3.92. The Balaban J connectivity index is 1.95. The summed E-state index contributed by atoms with van der Waals surface area (Å²) in [6.45, 7) is 5.43. The van der Waals surface area contributed by atoms with E-state index in [9.17, 15) is 4.79 Å². The number of carbonyl (C=O) groups is 1. The normalized spacial score (nSPS) is 27.8. The van der Waals surface area contributed by atoms with Crippen LogP contribution in [-0.2, 0) is 9.53 Å².